The van der Waals surface area contributed by atoms with Gasteiger partial charge < -0.3 is 5.73 Å². The first-order valence-electron chi connectivity index (χ1n) is 7.74. The van der Waals surface area contributed by atoms with Crippen LogP contribution >= 0.6 is 0 Å². The van der Waals surface area contributed by atoms with Gasteiger partial charge in [0.05, 0.1) is 0 Å². The van der Waals surface area contributed by atoms with E-state index in [9.17, 15) is 4.79 Å². The van der Waals surface area contributed by atoms with Gasteiger partial charge in [-0.15, -0.1) is 0 Å². The fraction of sp³-hybridized carbons (Fsp3) is 0.389. The standard InChI is InChI=1S/C18H23N3O/c1-14(18(19)22)17(4-2-15-6-10-20-11-7-15)5-3-16-8-12-21-13-9-16/h6-14,17H,2-5H2,1H3,(H2,19,22). The molecule has 2 N–H and O–H groups in total. The Morgan fingerprint density at radius 1 is 0.955 bits per heavy atom. The highest BCUT2D eigenvalue weighted by Crippen LogP contribution is 2.24. The number of hydrogen-bond donors (Lipinski definition) is 1. The zero-order valence-corrected chi connectivity index (χ0v) is 13.0. The molecule has 0 aliphatic rings. The minimum atomic E-state index is -0.213. The zero-order chi connectivity index (χ0) is 15.8. The second kappa shape index (κ2) is 8.27. The van der Waals surface area contributed by atoms with E-state index >= 15 is 0 Å². The molecular formula is C18H23N3O. The van der Waals surface area contributed by atoms with Crippen molar-refractivity contribution in [3.8, 4) is 0 Å². The number of pyridine rings is 2. The molecule has 1 unspecified atom stereocenters. The molecule has 0 aliphatic heterocycles. The molecule has 1 atom stereocenters. The molecule has 2 aromatic rings. The molecule has 2 aromatic heterocycles. The van der Waals surface area contributed by atoms with Crippen molar-refractivity contribution in [2.24, 2.45) is 17.6 Å². The van der Waals surface area contributed by atoms with Crippen molar-refractivity contribution in [3.05, 3.63) is 60.2 Å². The van der Waals surface area contributed by atoms with Gasteiger partial charge in [0.15, 0.2) is 0 Å². The van der Waals surface area contributed by atoms with Crippen molar-refractivity contribution < 1.29 is 4.79 Å². The van der Waals surface area contributed by atoms with Crippen molar-refractivity contribution >= 4 is 5.91 Å². The van der Waals surface area contributed by atoms with Crippen LogP contribution in [0.1, 0.15) is 30.9 Å². The van der Waals surface area contributed by atoms with Gasteiger partial charge in [-0.1, -0.05) is 6.92 Å². The van der Waals surface area contributed by atoms with Crippen molar-refractivity contribution in [2.75, 3.05) is 0 Å². The average molecular weight is 297 g/mol. The Balaban J connectivity index is 1.95. The third kappa shape index (κ3) is 4.95. The third-order valence-electron chi connectivity index (χ3n) is 4.26. The number of aromatic nitrogens is 2. The Kier molecular flexibility index (Phi) is 6.07. The van der Waals surface area contributed by atoms with E-state index < -0.39 is 0 Å². The summed E-state index contributed by atoms with van der Waals surface area (Å²) in [7, 11) is 0. The third-order valence-corrected chi connectivity index (χ3v) is 4.26. The summed E-state index contributed by atoms with van der Waals surface area (Å²) in [5, 5.41) is 0. The van der Waals surface area contributed by atoms with Gasteiger partial charge in [-0.2, -0.15) is 0 Å². The summed E-state index contributed by atoms with van der Waals surface area (Å²) in [6.45, 7) is 1.94. The van der Waals surface area contributed by atoms with Gasteiger partial charge in [0.1, 0.15) is 0 Å². The van der Waals surface area contributed by atoms with Crippen LogP contribution in [-0.2, 0) is 17.6 Å². The lowest BCUT2D eigenvalue weighted by Gasteiger charge is -2.21. The van der Waals surface area contributed by atoms with E-state index in [1.807, 2.05) is 31.2 Å². The van der Waals surface area contributed by atoms with E-state index in [-0.39, 0.29) is 11.8 Å². The normalized spacial score (nSPS) is 12.3. The molecule has 2 heterocycles. The zero-order valence-electron chi connectivity index (χ0n) is 13.0. The summed E-state index contributed by atoms with van der Waals surface area (Å²) < 4.78 is 0. The molecule has 0 saturated carbocycles. The highest BCUT2D eigenvalue weighted by atomic mass is 16.1. The topological polar surface area (TPSA) is 68.9 Å². The van der Waals surface area contributed by atoms with Gasteiger partial charge in [-0.05, 0) is 67.0 Å². The van der Waals surface area contributed by atoms with Crippen molar-refractivity contribution in [1.29, 1.82) is 0 Å². The van der Waals surface area contributed by atoms with Crippen LogP contribution in [0.4, 0.5) is 0 Å². The Morgan fingerprint density at radius 2 is 1.36 bits per heavy atom. The maximum atomic E-state index is 11.6. The van der Waals surface area contributed by atoms with E-state index in [4.69, 9.17) is 5.73 Å². The Hall–Kier alpha value is -2.23. The van der Waals surface area contributed by atoms with E-state index in [2.05, 4.69) is 9.97 Å². The molecule has 4 nitrogen and oxygen atoms in total. The first-order valence-corrected chi connectivity index (χ1v) is 7.74. The minimum Gasteiger partial charge on any atom is -0.369 e. The Morgan fingerprint density at radius 3 is 1.73 bits per heavy atom. The predicted octanol–water partition coefficient (Wildman–Crippen LogP) is 2.78. The lowest BCUT2D eigenvalue weighted by Crippen LogP contribution is -2.28. The fourth-order valence-electron chi connectivity index (χ4n) is 2.68. The summed E-state index contributed by atoms with van der Waals surface area (Å²) >= 11 is 0. The minimum absolute atomic E-state index is 0.108. The first kappa shape index (κ1) is 16.1. The summed E-state index contributed by atoms with van der Waals surface area (Å²) in [6, 6.07) is 8.09. The molecule has 4 heteroatoms. The summed E-state index contributed by atoms with van der Waals surface area (Å²) in [6.07, 6.45) is 11.0. The van der Waals surface area contributed by atoms with Crippen LogP contribution in [-0.4, -0.2) is 15.9 Å². The second-order valence-corrected chi connectivity index (χ2v) is 5.74. The Labute approximate surface area is 131 Å². The predicted molar refractivity (Wildman–Crippen MR) is 87.0 cm³/mol. The fourth-order valence-corrected chi connectivity index (χ4v) is 2.68. The van der Waals surface area contributed by atoms with Gasteiger partial charge in [0.2, 0.25) is 5.91 Å². The van der Waals surface area contributed by atoms with Crippen LogP contribution in [0.3, 0.4) is 0 Å². The number of aryl methyl sites for hydroxylation is 2. The highest BCUT2D eigenvalue weighted by Gasteiger charge is 2.21. The van der Waals surface area contributed by atoms with Gasteiger partial charge in [-0.25, -0.2) is 0 Å². The van der Waals surface area contributed by atoms with Gasteiger partial charge in [-0.3, -0.25) is 14.8 Å². The molecule has 0 bridgehead atoms. The van der Waals surface area contributed by atoms with Crippen molar-refractivity contribution in [2.45, 2.75) is 32.6 Å². The number of primary amides is 1. The molecule has 2 rings (SSSR count). The molecule has 0 spiro atoms. The lowest BCUT2D eigenvalue weighted by atomic mass is 9.83. The van der Waals surface area contributed by atoms with Gasteiger partial charge in [0, 0.05) is 30.7 Å². The largest absolute Gasteiger partial charge is 0.369 e. The van der Waals surface area contributed by atoms with Gasteiger partial charge >= 0.3 is 0 Å². The molecule has 116 valence electrons. The SMILES string of the molecule is CC(C(N)=O)C(CCc1ccncc1)CCc1ccncc1. The van der Waals surface area contributed by atoms with Crippen LogP contribution in [0, 0.1) is 11.8 Å². The summed E-state index contributed by atoms with van der Waals surface area (Å²) in [5.74, 6) is -0.0306. The van der Waals surface area contributed by atoms with E-state index in [1.54, 1.807) is 24.8 Å². The Bertz CT molecular complexity index is 528. The van der Waals surface area contributed by atoms with Crippen molar-refractivity contribution in [1.82, 2.24) is 9.97 Å². The maximum Gasteiger partial charge on any atom is 0.220 e. The molecule has 0 aromatic carbocycles. The van der Waals surface area contributed by atoms with Crippen molar-refractivity contribution in [3.63, 3.8) is 0 Å². The smallest absolute Gasteiger partial charge is 0.220 e. The van der Waals surface area contributed by atoms with E-state index in [0.29, 0.717) is 5.92 Å². The number of amides is 1. The number of nitrogens with zero attached hydrogens (tertiary/aromatic N) is 2. The number of nitrogens with two attached hydrogens (primary N) is 1. The summed E-state index contributed by atoms with van der Waals surface area (Å²) in [5.41, 5.74) is 8.02. The lowest BCUT2D eigenvalue weighted by molar-refractivity contribution is -0.123. The van der Waals surface area contributed by atoms with Crippen LogP contribution in [0.2, 0.25) is 0 Å². The van der Waals surface area contributed by atoms with E-state index in [1.165, 1.54) is 11.1 Å². The molecular weight excluding hydrogens is 274 g/mol. The molecule has 1 amide bonds. The second-order valence-electron chi connectivity index (χ2n) is 5.74. The molecule has 22 heavy (non-hydrogen) atoms. The molecule has 0 fully saturated rings. The number of rotatable bonds is 8. The summed E-state index contributed by atoms with van der Waals surface area (Å²) in [4.78, 5) is 19.6. The molecule has 0 aliphatic carbocycles. The quantitative estimate of drug-likeness (QED) is 0.814. The van der Waals surface area contributed by atoms with Crippen LogP contribution in [0.25, 0.3) is 0 Å². The maximum absolute atomic E-state index is 11.6. The average Bonchev–Trinajstić information content (AvgIpc) is 2.56. The van der Waals surface area contributed by atoms with Crippen LogP contribution in [0.15, 0.2) is 49.1 Å². The number of hydrogen-bond acceptors (Lipinski definition) is 3. The highest BCUT2D eigenvalue weighted by molar-refractivity contribution is 5.76. The first-order chi connectivity index (χ1) is 10.7. The molecule has 0 saturated heterocycles. The van der Waals surface area contributed by atoms with Gasteiger partial charge in [0.25, 0.3) is 0 Å². The number of carbonyl (C=O) groups is 1. The van der Waals surface area contributed by atoms with Crippen LogP contribution < -0.4 is 5.73 Å². The monoisotopic (exact) mass is 297 g/mol. The number of carbonyl (C=O) groups excluding carboxylic acids is 1. The van der Waals surface area contributed by atoms with E-state index in [0.717, 1.165) is 25.7 Å². The van der Waals surface area contributed by atoms with Crippen LogP contribution in [0.5, 0.6) is 0 Å². The molecule has 0 radical (unpaired) electrons.